The Morgan fingerprint density at radius 3 is 2.45 bits per heavy atom. The molecule has 5 rings (SSSR count). The maximum absolute atomic E-state index is 13.3. The number of aliphatic hydroxyl groups is 1. The molecule has 0 spiro atoms. The molecule has 2 aliphatic heterocycles. The topological polar surface area (TPSA) is 101 Å². The van der Waals surface area contributed by atoms with Gasteiger partial charge in [-0.15, -0.1) is 0 Å². The van der Waals surface area contributed by atoms with E-state index in [1.165, 1.54) is 0 Å². The number of fused-ring (bicyclic) bond motifs is 1. The summed E-state index contributed by atoms with van der Waals surface area (Å²) in [5.74, 6) is -0.242. The fourth-order valence-corrected chi connectivity index (χ4v) is 5.16. The molecule has 8 nitrogen and oxygen atoms in total. The summed E-state index contributed by atoms with van der Waals surface area (Å²) in [7, 11) is 0. The smallest absolute Gasteiger partial charge is 0.254 e. The molecular weight excluding hydrogens is 482 g/mol. The van der Waals surface area contributed by atoms with E-state index in [0.717, 1.165) is 16.7 Å². The fraction of sp³-hybridized carbons (Fsp3) is 0.367. The van der Waals surface area contributed by atoms with Crippen molar-refractivity contribution in [2.24, 2.45) is 0 Å². The fourth-order valence-electron chi connectivity index (χ4n) is 5.16. The van der Waals surface area contributed by atoms with E-state index < -0.39 is 6.10 Å². The van der Waals surface area contributed by atoms with Crippen LogP contribution in [0.25, 0.3) is 11.1 Å². The average molecular weight is 516 g/mol. The molecule has 8 heteroatoms. The van der Waals surface area contributed by atoms with E-state index in [2.05, 4.69) is 34.6 Å². The Morgan fingerprint density at radius 2 is 1.68 bits per heavy atom. The van der Waals surface area contributed by atoms with Gasteiger partial charge >= 0.3 is 0 Å². The Morgan fingerprint density at radius 1 is 0.947 bits per heavy atom. The number of nitrogens with zero attached hydrogens (tertiary/aromatic N) is 2. The average Bonchev–Trinajstić information content (AvgIpc) is 2.95. The Labute approximate surface area is 222 Å². The van der Waals surface area contributed by atoms with E-state index in [1.807, 2.05) is 30.3 Å². The van der Waals surface area contributed by atoms with Crippen LogP contribution in [-0.2, 0) is 20.8 Å². The van der Waals surface area contributed by atoms with Crippen molar-refractivity contribution in [1.29, 1.82) is 0 Å². The van der Waals surface area contributed by atoms with Crippen LogP contribution in [0.15, 0.2) is 79.1 Å². The minimum atomic E-state index is -0.771. The summed E-state index contributed by atoms with van der Waals surface area (Å²) in [5.41, 5.74) is 3.84. The van der Waals surface area contributed by atoms with Crippen LogP contribution in [0.4, 0.5) is 0 Å². The van der Waals surface area contributed by atoms with Crippen LogP contribution in [0.3, 0.4) is 0 Å². The number of aromatic nitrogens is 1. The zero-order chi connectivity index (χ0) is 26.3. The summed E-state index contributed by atoms with van der Waals surface area (Å²) in [4.78, 5) is 31.7. The van der Waals surface area contributed by atoms with Gasteiger partial charge in [-0.25, -0.2) is 0 Å². The normalized spacial score (nSPS) is 23.6. The van der Waals surface area contributed by atoms with Crippen molar-refractivity contribution in [3.8, 4) is 11.1 Å². The minimum Gasteiger partial charge on any atom is -0.389 e. The molecule has 38 heavy (non-hydrogen) atoms. The van der Waals surface area contributed by atoms with Crippen molar-refractivity contribution in [1.82, 2.24) is 15.2 Å². The number of β-amino-alcohol motifs (C(OH)–C–C–N with tert-alkyl or cyclic N) is 1. The van der Waals surface area contributed by atoms with Crippen molar-refractivity contribution < 1.29 is 24.2 Å². The molecule has 2 amide bonds. The molecule has 1 aromatic heterocycles. The molecule has 2 aromatic carbocycles. The van der Waals surface area contributed by atoms with Gasteiger partial charge < -0.3 is 24.8 Å². The summed E-state index contributed by atoms with van der Waals surface area (Å²) in [6.45, 7) is 0.996. The number of pyridine rings is 1. The molecule has 2 fully saturated rings. The molecular formula is C30H33N3O5. The second-order valence-corrected chi connectivity index (χ2v) is 9.87. The third-order valence-electron chi connectivity index (χ3n) is 7.13. The van der Waals surface area contributed by atoms with E-state index in [-0.39, 0.29) is 56.2 Å². The predicted molar refractivity (Wildman–Crippen MR) is 142 cm³/mol. The first-order valence-corrected chi connectivity index (χ1v) is 13.1. The van der Waals surface area contributed by atoms with Gasteiger partial charge in [-0.1, -0.05) is 54.6 Å². The number of ether oxygens (including phenoxy) is 2. The molecule has 0 aliphatic carbocycles. The van der Waals surface area contributed by atoms with E-state index in [0.29, 0.717) is 24.9 Å². The number of benzene rings is 2. The summed E-state index contributed by atoms with van der Waals surface area (Å²) >= 11 is 0. The SMILES string of the molecule is O=C(C[C@H]1CC[C@@H]2[C@H](COC[C@@H](O)CN2C(=O)c2ccncc2)O1)NCc1ccc(-c2ccccc2)cc1. The van der Waals surface area contributed by atoms with Crippen molar-refractivity contribution in [2.45, 2.75) is 50.2 Å². The summed E-state index contributed by atoms with van der Waals surface area (Å²) in [5, 5.41) is 13.3. The van der Waals surface area contributed by atoms with Crippen LogP contribution in [0, 0.1) is 0 Å². The minimum absolute atomic E-state index is 0.0764. The van der Waals surface area contributed by atoms with Gasteiger partial charge in [0.25, 0.3) is 5.91 Å². The number of hydrogen-bond donors (Lipinski definition) is 2. The highest BCUT2D eigenvalue weighted by Gasteiger charge is 2.40. The van der Waals surface area contributed by atoms with Gasteiger partial charge in [-0.05, 0) is 41.7 Å². The second-order valence-electron chi connectivity index (χ2n) is 9.87. The van der Waals surface area contributed by atoms with Crippen molar-refractivity contribution in [3.63, 3.8) is 0 Å². The molecule has 2 saturated heterocycles. The first-order valence-electron chi connectivity index (χ1n) is 13.1. The Bertz CT molecular complexity index is 1210. The molecule has 198 valence electrons. The molecule has 0 unspecified atom stereocenters. The Hall–Kier alpha value is -3.59. The van der Waals surface area contributed by atoms with Gasteiger partial charge in [0.1, 0.15) is 6.10 Å². The molecule has 2 N–H and O–H groups in total. The first-order chi connectivity index (χ1) is 18.6. The summed E-state index contributed by atoms with van der Waals surface area (Å²) in [6.07, 6.45) is 3.30. The van der Waals surface area contributed by atoms with Crippen molar-refractivity contribution >= 4 is 11.8 Å². The largest absolute Gasteiger partial charge is 0.389 e. The number of aliphatic hydroxyl groups excluding tert-OH is 1. The monoisotopic (exact) mass is 515 g/mol. The lowest BCUT2D eigenvalue weighted by atomic mass is 9.94. The van der Waals surface area contributed by atoms with Gasteiger partial charge in [0.05, 0.1) is 37.9 Å². The second kappa shape index (κ2) is 12.3. The van der Waals surface area contributed by atoms with Crippen LogP contribution >= 0.6 is 0 Å². The molecule has 0 radical (unpaired) electrons. The number of amides is 2. The van der Waals surface area contributed by atoms with Gasteiger partial charge in [-0.3, -0.25) is 14.6 Å². The standard InChI is InChI=1S/C30H33N3O5/c34-25-18-33(30(36)24-12-14-31-15-13-24)27-11-10-26(38-28(27)20-37-19-25)16-29(35)32-17-21-6-8-23(9-7-21)22-4-2-1-3-5-22/h1-9,12-15,25-28,34H,10-11,16-20H2,(H,32,35)/t25-,26+,27+,28-/m0/s1. The molecule has 4 atom stereocenters. The Balaban J connectivity index is 1.16. The molecule has 0 saturated carbocycles. The van der Waals surface area contributed by atoms with Crippen LogP contribution < -0.4 is 5.32 Å². The zero-order valence-corrected chi connectivity index (χ0v) is 21.2. The highest BCUT2D eigenvalue weighted by atomic mass is 16.5. The van der Waals surface area contributed by atoms with Crippen LogP contribution in [0.5, 0.6) is 0 Å². The van der Waals surface area contributed by atoms with Crippen LogP contribution in [-0.4, -0.2) is 70.9 Å². The number of rotatable bonds is 6. The lowest BCUT2D eigenvalue weighted by Gasteiger charge is -2.44. The highest BCUT2D eigenvalue weighted by Crippen LogP contribution is 2.29. The quantitative estimate of drug-likeness (QED) is 0.523. The number of carbonyl (C=O) groups is 2. The van der Waals surface area contributed by atoms with Crippen molar-refractivity contribution in [2.75, 3.05) is 19.8 Å². The summed E-state index contributed by atoms with van der Waals surface area (Å²) in [6, 6.07) is 21.4. The number of hydrogen-bond acceptors (Lipinski definition) is 6. The third kappa shape index (κ3) is 6.45. The molecule has 0 bridgehead atoms. The predicted octanol–water partition coefficient (Wildman–Crippen LogP) is 3.20. The van der Waals surface area contributed by atoms with Crippen molar-refractivity contribution in [3.05, 3.63) is 90.3 Å². The van der Waals surface area contributed by atoms with Gasteiger partial charge in [-0.2, -0.15) is 0 Å². The van der Waals surface area contributed by atoms with E-state index in [4.69, 9.17) is 9.47 Å². The van der Waals surface area contributed by atoms with E-state index >= 15 is 0 Å². The van der Waals surface area contributed by atoms with E-state index in [1.54, 1.807) is 29.4 Å². The van der Waals surface area contributed by atoms with Crippen LogP contribution in [0.2, 0.25) is 0 Å². The summed E-state index contributed by atoms with van der Waals surface area (Å²) < 4.78 is 12.0. The van der Waals surface area contributed by atoms with Crippen LogP contribution in [0.1, 0.15) is 35.2 Å². The number of carbonyl (C=O) groups excluding carboxylic acids is 2. The molecule has 3 heterocycles. The first kappa shape index (κ1) is 26.0. The lowest BCUT2D eigenvalue weighted by Crippen LogP contribution is -2.57. The highest BCUT2D eigenvalue weighted by molar-refractivity contribution is 5.94. The maximum atomic E-state index is 13.3. The number of nitrogens with one attached hydrogen (secondary N) is 1. The lowest BCUT2D eigenvalue weighted by molar-refractivity contribution is -0.151. The third-order valence-corrected chi connectivity index (χ3v) is 7.13. The van der Waals surface area contributed by atoms with Gasteiger partial charge in [0.15, 0.2) is 0 Å². The maximum Gasteiger partial charge on any atom is 0.254 e. The Kier molecular flexibility index (Phi) is 8.43. The van der Waals surface area contributed by atoms with Gasteiger partial charge in [0, 0.05) is 31.0 Å². The van der Waals surface area contributed by atoms with Gasteiger partial charge in [0.2, 0.25) is 5.91 Å². The molecule has 2 aliphatic rings. The molecule has 3 aromatic rings. The van der Waals surface area contributed by atoms with E-state index in [9.17, 15) is 14.7 Å². The zero-order valence-electron chi connectivity index (χ0n) is 21.2.